The molecule has 0 spiro atoms. The van der Waals surface area contributed by atoms with Gasteiger partial charge in [-0.25, -0.2) is 4.79 Å². The van der Waals surface area contributed by atoms with E-state index >= 15 is 0 Å². The highest BCUT2D eigenvalue weighted by molar-refractivity contribution is 5.74. The topological polar surface area (TPSA) is 64.1 Å². The van der Waals surface area contributed by atoms with E-state index in [2.05, 4.69) is 6.92 Å². The van der Waals surface area contributed by atoms with Crippen LogP contribution in [0, 0.1) is 0 Å². The van der Waals surface area contributed by atoms with Crippen LogP contribution in [0.25, 0.3) is 0 Å². The van der Waals surface area contributed by atoms with Gasteiger partial charge in [0.1, 0.15) is 0 Å². The second kappa shape index (κ2) is 7.99. The molecule has 1 saturated heterocycles. The summed E-state index contributed by atoms with van der Waals surface area (Å²) >= 11 is 0. The first-order chi connectivity index (χ1) is 9.04. The van der Waals surface area contributed by atoms with Gasteiger partial charge in [-0.2, -0.15) is 0 Å². The highest BCUT2D eigenvalue weighted by Crippen LogP contribution is 2.06. The van der Waals surface area contributed by atoms with E-state index in [1.54, 1.807) is 4.90 Å². The Morgan fingerprint density at radius 3 is 2.32 bits per heavy atom. The molecule has 0 radical (unpaired) electrons. The van der Waals surface area contributed by atoms with E-state index in [1.807, 2.05) is 16.8 Å². The molecule has 0 unspecified atom stereocenters. The second-order valence-corrected chi connectivity index (χ2v) is 5.07. The van der Waals surface area contributed by atoms with Crippen molar-refractivity contribution in [2.75, 3.05) is 46.3 Å². The molecule has 0 atom stereocenters. The molecule has 1 heterocycles. The van der Waals surface area contributed by atoms with Gasteiger partial charge < -0.3 is 14.9 Å². The molecule has 0 saturated carbocycles. The fraction of sp³-hybridized carbons (Fsp3) is 0.846. The Morgan fingerprint density at radius 2 is 1.79 bits per heavy atom. The maximum absolute atomic E-state index is 12.1. The fourth-order valence-electron chi connectivity index (χ4n) is 2.22. The molecule has 1 aliphatic heterocycles. The number of nitrogens with zero attached hydrogens (tertiary/aromatic N) is 3. The summed E-state index contributed by atoms with van der Waals surface area (Å²) in [7, 11) is 1.83. The largest absolute Gasteiger partial charge is 0.480 e. The molecule has 110 valence electrons. The van der Waals surface area contributed by atoms with E-state index in [0.717, 1.165) is 25.8 Å². The molecule has 1 fully saturated rings. The summed E-state index contributed by atoms with van der Waals surface area (Å²) in [5.41, 5.74) is 0. The third kappa shape index (κ3) is 5.46. The molecule has 1 N–H and O–H groups in total. The van der Waals surface area contributed by atoms with E-state index < -0.39 is 5.97 Å². The average molecular weight is 271 g/mol. The summed E-state index contributed by atoms with van der Waals surface area (Å²) < 4.78 is 0. The predicted octanol–water partition coefficient (Wildman–Crippen LogP) is 0.931. The Kier molecular flexibility index (Phi) is 6.62. The van der Waals surface area contributed by atoms with E-state index in [9.17, 15) is 9.59 Å². The molecule has 0 aromatic heterocycles. The SMILES string of the molecule is CCCCCN(C)C(=O)N1CCN(CC(=O)O)CC1. The molecule has 1 aliphatic rings. The lowest BCUT2D eigenvalue weighted by Gasteiger charge is -2.36. The number of urea groups is 1. The van der Waals surface area contributed by atoms with Gasteiger partial charge in [-0.15, -0.1) is 0 Å². The number of carboxylic acids is 1. The summed E-state index contributed by atoms with van der Waals surface area (Å²) in [6.45, 7) is 5.51. The summed E-state index contributed by atoms with van der Waals surface area (Å²) in [4.78, 5) is 28.2. The number of unbranched alkanes of at least 4 members (excludes halogenated alkanes) is 2. The molecule has 0 aliphatic carbocycles. The van der Waals surface area contributed by atoms with Crippen molar-refractivity contribution in [2.24, 2.45) is 0 Å². The average Bonchev–Trinajstić information content (AvgIpc) is 2.38. The molecule has 19 heavy (non-hydrogen) atoms. The summed E-state index contributed by atoms with van der Waals surface area (Å²) in [5, 5.41) is 8.72. The molecule has 1 rings (SSSR count). The van der Waals surface area contributed by atoms with Crippen molar-refractivity contribution in [3.8, 4) is 0 Å². The van der Waals surface area contributed by atoms with Crippen LogP contribution in [0.1, 0.15) is 26.2 Å². The molecule has 2 amide bonds. The molecular formula is C13H25N3O3. The van der Waals surface area contributed by atoms with Gasteiger partial charge in [0.05, 0.1) is 6.54 Å². The number of carboxylic acid groups (broad SMARTS) is 1. The van der Waals surface area contributed by atoms with Gasteiger partial charge in [0.25, 0.3) is 0 Å². The maximum atomic E-state index is 12.1. The number of piperazine rings is 1. The third-order valence-corrected chi connectivity index (χ3v) is 3.43. The lowest BCUT2D eigenvalue weighted by atomic mass is 10.2. The Hall–Kier alpha value is -1.30. The standard InChI is InChI=1S/C13H25N3O3/c1-3-4-5-6-14(2)13(19)16-9-7-15(8-10-16)11-12(17)18/h3-11H2,1-2H3,(H,17,18). The first kappa shape index (κ1) is 15.8. The zero-order valence-corrected chi connectivity index (χ0v) is 12.0. The highest BCUT2D eigenvalue weighted by atomic mass is 16.4. The summed E-state index contributed by atoms with van der Waals surface area (Å²) in [5.74, 6) is -0.809. The van der Waals surface area contributed by atoms with Crippen molar-refractivity contribution in [3.05, 3.63) is 0 Å². The van der Waals surface area contributed by atoms with E-state index in [0.29, 0.717) is 26.2 Å². The molecule has 0 aromatic carbocycles. The van der Waals surface area contributed by atoms with Gasteiger partial charge in [-0.1, -0.05) is 19.8 Å². The third-order valence-electron chi connectivity index (χ3n) is 3.43. The van der Waals surface area contributed by atoms with Crippen molar-refractivity contribution < 1.29 is 14.7 Å². The smallest absolute Gasteiger partial charge is 0.319 e. The van der Waals surface area contributed by atoms with Gasteiger partial charge in [-0.3, -0.25) is 9.69 Å². The number of rotatable bonds is 6. The second-order valence-electron chi connectivity index (χ2n) is 5.07. The zero-order chi connectivity index (χ0) is 14.3. The minimum Gasteiger partial charge on any atom is -0.480 e. The van der Waals surface area contributed by atoms with Crippen LogP contribution in [0.3, 0.4) is 0 Å². The molecule has 0 aromatic rings. The first-order valence-corrected chi connectivity index (χ1v) is 6.98. The minimum absolute atomic E-state index is 0.0612. The van der Waals surface area contributed by atoms with Crippen LogP contribution in [0.15, 0.2) is 0 Å². The quantitative estimate of drug-likeness (QED) is 0.730. The fourth-order valence-corrected chi connectivity index (χ4v) is 2.22. The lowest BCUT2D eigenvalue weighted by molar-refractivity contribution is -0.138. The van der Waals surface area contributed by atoms with Crippen molar-refractivity contribution in [2.45, 2.75) is 26.2 Å². The van der Waals surface area contributed by atoms with Crippen molar-refractivity contribution in [1.29, 1.82) is 0 Å². The van der Waals surface area contributed by atoms with Gasteiger partial charge in [-0.05, 0) is 6.42 Å². The molecular weight excluding hydrogens is 246 g/mol. The van der Waals surface area contributed by atoms with Crippen molar-refractivity contribution >= 4 is 12.0 Å². The number of hydrogen-bond acceptors (Lipinski definition) is 3. The van der Waals surface area contributed by atoms with Crippen LogP contribution in [0.4, 0.5) is 4.79 Å². The normalized spacial score (nSPS) is 16.4. The van der Waals surface area contributed by atoms with Crippen LogP contribution in [-0.2, 0) is 4.79 Å². The zero-order valence-electron chi connectivity index (χ0n) is 12.0. The number of carbonyl (C=O) groups is 2. The van der Waals surface area contributed by atoms with Crippen LogP contribution >= 0.6 is 0 Å². The molecule has 0 bridgehead atoms. The van der Waals surface area contributed by atoms with E-state index in [-0.39, 0.29) is 12.6 Å². The van der Waals surface area contributed by atoms with Crippen LogP contribution in [-0.4, -0.2) is 78.1 Å². The van der Waals surface area contributed by atoms with E-state index in [4.69, 9.17) is 5.11 Å². The van der Waals surface area contributed by atoms with Gasteiger partial charge in [0, 0.05) is 39.8 Å². The predicted molar refractivity (Wildman–Crippen MR) is 73.2 cm³/mol. The van der Waals surface area contributed by atoms with Crippen LogP contribution in [0.5, 0.6) is 0 Å². The van der Waals surface area contributed by atoms with Crippen LogP contribution in [0.2, 0.25) is 0 Å². The first-order valence-electron chi connectivity index (χ1n) is 6.98. The lowest BCUT2D eigenvalue weighted by Crippen LogP contribution is -2.53. The number of aliphatic carboxylic acids is 1. The van der Waals surface area contributed by atoms with E-state index in [1.165, 1.54) is 0 Å². The maximum Gasteiger partial charge on any atom is 0.319 e. The van der Waals surface area contributed by atoms with Gasteiger partial charge in [0.15, 0.2) is 0 Å². The summed E-state index contributed by atoms with van der Waals surface area (Å²) in [6, 6.07) is 0.0612. The van der Waals surface area contributed by atoms with Gasteiger partial charge in [0.2, 0.25) is 0 Å². The van der Waals surface area contributed by atoms with Crippen molar-refractivity contribution in [3.63, 3.8) is 0 Å². The monoisotopic (exact) mass is 271 g/mol. The Bertz CT molecular complexity index is 302. The number of hydrogen-bond donors (Lipinski definition) is 1. The van der Waals surface area contributed by atoms with Crippen LogP contribution < -0.4 is 0 Å². The number of amides is 2. The minimum atomic E-state index is -0.809. The van der Waals surface area contributed by atoms with Crippen molar-refractivity contribution in [1.82, 2.24) is 14.7 Å². The summed E-state index contributed by atoms with van der Waals surface area (Å²) in [6.07, 6.45) is 3.33. The van der Waals surface area contributed by atoms with Gasteiger partial charge >= 0.3 is 12.0 Å². The highest BCUT2D eigenvalue weighted by Gasteiger charge is 2.23. The Labute approximate surface area is 115 Å². The Balaban J connectivity index is 2.29. The Morgan fingerprint density at radius 1 is 1.16 bits per heavy atom. The molecule has 6 nitrogen and oxygen atoms in total. The number of carbonyl (C=O) groups excluding carboxylic acids is 1. The molecule has 6 heteroatoms.